The molecular weight excluding hydrogens is 483 g/mol. The van der Waals surface area contributed by atoms with Crippen LogP contribution in [-0.4, -0.2) is 78.5 Å². The number of rotatable bonds is 11. The van der Waals surface area contributed by atoms with Gasteiger partial charge in [0.05, 0.1) is 19.7 Å². The van der Waals surface area contributed by atoms with E-state index in [0.717, 1.165) is 28.7 Å². The lowest BCUT2D eigenvalue weighted by atomic mass is 10.0. The molecule has 1 aliphatic rings. The molecule has 1 unspecified atom stereocenters. The van der Waals surface area contributed by atoms with E-state index in [2.05, 4.69) is 9.91 Å². The first-order chi connectivity index (χ1) is 18.4. The zero-order valence-corrected chi connectivity index (χ0v) is 22.2. The van der Waals surface area contributed by atoms with Crippen LogP contribution >= 0.6 is 0 Å². The summed E-state index contributed by atoms with van der Waals surface area (Å²) in [6.45, 7) is 1.78. The Morgan fingerprint density at radius 1 is 1.00 bits per heavy atom. The fourth-order valence-electron chi connectivity index (χ4n) is 4.95. The first kappa shape index (κ1) is 27.4. The predicted octanol–water partition coefficient (Wildman–Crippen LogP) is 3.59. The summed E-state index contributed by atoms with van der Waals surface area (Å²) >= 11 is 0. The minimum Gasteiger partial charge on any atom is -0.497 e. The number of carbonyl (C=O) groups excluding carboxylic acids is 2. The van der Waals surface area contributed by atoms with Gasteiger partial charge >= 0.3 is 0 Å². The van der Waals surface area contributed by atoms with Crippen LogP contribution in [0.1, 0.15) is 16.7 Å². The van der Waals surface area contributed by atoms with Gasteiger partial charge in [-0.05, 0) is 54.4 Å². The molecule has 0 N–H and O–H groups in total. The molecule has 0 bridgehead atoms. The summed E-state index contributed by atoms with van der Waals surface area (Å²) in [5, 5.41) is 4.00. The molecule has 7 nitrogen and oxygen atoms in total. The molecule has 38 heavy (non-hydrogen) atoms. The van der Waals surface area contributed by atoms with Crippen molar-refractivity contribution < 1.29 is 18.7 Å². The van der Waals surface area contributed by atoms with Gasteiger partial charge < -0.3 is 14.4 Å². The van der Waals surface area contributed by atoms with Gasteiger partial charge in [-0.15, -0.1) is 0 Å². The van der Waals surface area contributed by atoms with Gasteiger partial charge in [-0.2, -0.15) is 0 Å². The van der Waals surface area contributed by atoms with E-state index in [9.17, 15) is 14.0 Å². The maximum absolute atomic E-state index is 13.6. The van der Waals surface area contributed by atoms with E-state index in [4.69, 9.17) is 4.74 Å². The lowest BCUT2D eigenvalue weighted by Gasteiger charge is -2.51. The average molecular weight is 519 g/mol. The average Bonchev–Trinajstić information content (AvgIpc) is 2.92. The number of carbonyl (C=O) groups is 2. The smallest absolute Gasteiger partial charge is 0.240 e. The van der Waals surface area contributed by atoms with Crippen LogP contribution in [0.4, 0.5) is 4.39 Å². The standard InChI is InChI=1S/C30H35FN4O3/c1-32(18-24-11-15-28(38-3)16-12-24)20-29-34(19-25-9-13-26(31)14-10-25)33(2)21-30(37)35(29)27(22-36)17-23-7-5-4-6-8-23/h4-16,22,27,29H,17-21H2,1-3H3/t27-,29?/m0/s1. The lowest BCUT2D eigenvalue weighted by Crippen LogP contribution is -2.68. The van der Waals surface area contributed by atoms with Gasteiger partial charge in [0, 0.05) is 26.7 Å². The summed E-state index contributed by atoms with van der Waals surface area (Å²) in [5.74, 6) is 0.401. The molecule has 1 aliphatic heterocycles. The van der Waals surface area contributed by atoms with E-state index in [1.807, 2.05) is 73.7 Å². The summed E-state index contributed by atoms with van der Waals surface area (Å²) < 4.78 is 18.9. The van der Waals surface area contributed by atoms with Gasteiger partial charge in [0.15, 0.2) is 0 Å². The number of nitrogens with zero attached hydrogens (tertiary/aromatic N) is 4. The van der Waals surface area contributed by atoms with Gasteiger partial charge in [0.2, 0.25) is 5.91 Å². The number of hydrazine groups is 1. The van der Waals surface area contributed by atoms with Crippen molar-refractivity contribution >= 4 is 12.2 Å². The molecule has 1 saturated heterocycles. The number of benzene rings is 3. The second-order valence-electron chi connectivity index (χ2n) is 9.76. The van der Waals surface area contributed by atoms with E-state index in [1.54, 1.807) is 24.1 Å². The van der Waals surface area contributed by atoms with E-state index in [-0.39, 0.29) is 18.3 Å². The van der Waals surface area contributed by atoms with Crippen LogP contribution in [0.25, 0.3) is 0 Å². The Hall–Kier alpha value is -3.59. The second-order valence-corrected chi connectivity index (χ2v) is 9.76. The summed E-state index contributed by atoms with van der Waals surface area (Å²) in [7, 11) is 5.52. The maximum Gasteiger partial charge on any atom is 0.240 e. The summed E-state index contributed by atoms with van der Waals surface area (Å²) in [6.07, 6.45) is 0.902. The van der Waals surface area contributed by atoms with E-state index in [1.165, 1.54) is 12.1 Å². The zero-order valence-electron chi connectivity index (χ0n) is 22.2. The van der Waals surface area contributed by atoms with Crippen LogP contribution < -0.4 is 4.74 Å². The van der Waals surface area contributed by atoms with Crippen LogP contribution in [0.5, 0.6) is 5.75 Å². The van der Waals surface area contributed by atoms with Crippen LogP contribution in [0, 0.1) is 5.82 Å². The Morgan fingerprint density at radius 3 is 2.29 bits per heavy atom. The number of hydrogen-bond donors (Lipinski definition) is 0. The third kappa shape index (κ3) is 6.83. The Balaban J connectivity index is 1.62. The van der Waals surface area contributed by atoms with Crippen molar-refractivity contribution in [1.82, 2.24) is 19.8 Å². The molecule has 1 heterocycles. The molecule has 0 radical (unpaired) electrons. The molecule has 0 spiro atoms. The van der Waals surface area contributed by atoms with E-state index in [0.29, 0.717) is 26.1 Å². The molecular formula is C30H35FN4O3. The zero-order chi connectivity index (χ0) is 27.1. The monoisotopic (exact) mass is 518 g/mol. The van der Waals surface area contributed by atoms with Crippen LogP contribution in [-0.2, 0) is 29.1 Å². The van der Waals surface area contributed by atoms with Crippen molar-refractivity contribution in [3.8, 4) is 5.75 Å². The quantitative estimate of drug-likeness (QED) is 0.362. The molecule has 4 rings (SSSR count). The highest BCUT2D eigenvalue weighted by Gasteiger charge is 2.41. The highest BCUT2D eigenvalue weighted by Crippen LogP contribution is 2.24. The number of aldehydes is 1. The topological polar surface area (TPSA) is 56.3 Å². The van der Waals surface area contributed by atoms with Crippen molar-refractivity contribution in [2.75, 3.05) is 34.3 Å². The van der Waals surface area contributed by atoms with E-state index >= 15 is 0 Å². The summed E-state index contributed by atoms with van der Waals surface area (Å²) in [5.41, 5.74) is 3.02. The maximum atomic E-state index is 13.6. The molecule has 0 saturated carbocycles. The molecule has 2 atom stereocenters. The van der Waals surface area contributed by atoms with Crippen LogP contribution in [0.15, 0.2) is 78.9 Å². The number of ether oxygens (including phenoxy) is 1. The summed E-state index contributed by atoms with van der Waals surface area (Å²) in [6, 6.07) is 23.4. The number of halogens is 1. The number of hydrogen-bond acceptors (Lipinski definition) is 6. The third-order valence-corrected chi connectivity index (χ3v) is 6.90. The Kier molecular flexibility index (Phi) is 9.23. The normalized spacial score (nSPS) is 17.6. The van der Waals surface area contributed by atoms with Gasteiger partial charge in [-0.1, -0.05) is 54.6 Å². The molecule has 3 aromatic carbocycles. The molecule has 1 fully saturated rings. The SMILES string of the molecule is COc1ccc(CN(C)CC2N([C@H](C=O)Cc3ccccc3)C(=O)CN(C)N2Cc2ccc(F)cc2)cc1. The molecule has 3 aromatic rings. The summed E-state index contributed by atoms with van der Waals surface area (Å²) in [4.78, 5) is 29.8. The van der Waals surface area contributed by atoms with E-state index < -0.39 is 12.2 Å². The second kappa shape index (κ2) is 12.8. The highest BCUT2D eigenvalue weighted by molar-refractivity contribution is 5.82. The van der Waals surface area contributed by atoms with Gasteiger partial charge in [0.25, 0.3) is 0 Å². The number of amides is 1. The first-order valence-corrected chi connectivity index (χ1v) is 12.7. The largest absolute Gasteiger partial charge is 0.497 e. The fourth-order valence-corrected chi connectivity index (χ4v) is 4.95. The van der Waals surface area contributed by atoms with Crippen molar-refractivity contribution in [2.24, 2.45) is 0 Å². The highest BCUT2D eigenvalue weighted by atomic mass is 19.1. The first-order valence-electron chi connectivity index (χ1n) is 12.7. The van der Waals surface area contributed by atoms with Crippen LogP contribution in [0.2, 0.25) is 0 Å². The third-order valence-electron chi connectivity index (χ3n) is 6.90. The molecule has 0 aromatic heterocycles. The van der Waals surface area contributed by atoms with Gasteiger partial charge in [0.1, 0.15) is 24.0 Å². The minimum atomic E-state index is -0.617. The predicted molar refractivity (Wildman–Crippen MR) is 145 cm³/mol. The van der Waals surface area contributed by atoms with Gasteiger partial charge in [-0.3, -0.25) is 9.69 Å². The van der Waals surface area contributed by atoms with Crippen molar-refractivity contribution in [1.29, 1.82) is 0 Å². The Bertz CT molecular complexity index is 1190. The Morgan fingerprint density at radius 2 is 1.66 bits per heavy atom. The number of likely N-dealkylation sites (N-methyl/N-ethyl adjacent to an activating group) is 2. The van der Waals surface area contributed by atoms with Crippen molar-refractivity contribution in [2.45, 2.75) is 31.7 Å². The van der Waals surface area contributed by atoms with Gasteiger partial charge in [-0.25, -0.2) is 14.4 Å². The van der Waals surface area contributed by atoms with Crippen molar-refractivity contribution in [3.63, 3.8) is 0 Å². The van der Waals surface area contributed by atoms with Crippen molar-refractivity contribution in [3.05, 3.63) is 101 Å². The minimum absolute atomic E-state index is 0.0984. The van der Waals surface area contributed by atoms with Crippen LogP contribution in [0.3, 0.4) is 0 Å². The fraction of sp³-hybridized carbons (Fsp3) is 0.333. The Labute approximate surface area is 224 Å². The molecule has 0 aliphatic carbocycles. The molecule has 1 amide bonds. The molecule has 8 heteroatoms. The number of methoxy groups -OCH3 is 1. The lowest BCUT2D eigenvalue weighted by molar-refractivity contribution is -0.186. The molecule has 200 valence electrons.